The Hall–Kier alpha value is -3.50. The van der Waals surface area contributed by atoms with Gasteiger partial charge in [-0.05, 0) is 66.8 Å². The molecule has 2 atom stereocenters. The van der Waals surface area contributed by atoms with E-state index in [9.17, 15) is 10.1 Å². The first-order valence-electron chi connectivity index (χ1n) is 12.8. The predicted octanol–water partition coefficient (Wildman–Crippen LogP) is 8.49. The summed E-state index contributed by atoms with van der Waals surface area (Å²) in [5, 5.41) is 15.9. The molecule has 2 fully saturated rings. The SMILES string of the molecule is COC(=O)c1cccc(C2CC2(C#N)c2ccc(OCc3c(-c4c(Cl)cccc4Cl)noc3C3CC3)cc2Cl)c1. The summed E-state index contributed by atoms with van der Waals surface area (Å²) in [5.41, 5.74) is 3.27. The highest BCUT2D eigenvalue weighted by molar-refractivity contribution is 6.39. The van der Waals surface area contributed by atoms with Crippen molar-refractivity contribution in [3.8, 4) is 23.1 Å². The fraction of sp³-hybridized carbons (Fsp3) is 0.258. The van der Waals surface area contributed by atoms with Gasteiger partial charge in [-0.15, -0.1) is 0 Å². The van der Waals surface area contributed by atoms with Gasteiger partial charge in [0.15, 0.2) is 0 Å². The van der Waals surface area contributed by atoms with E-state index >= 15 is 0 Å². The van der Waals surface area contributed by atoms with Gasteiger partial charge in [0.2, 0.25) is 0 Å². The van der Waals surface area contributed by atoms with Crippen molar-refractivity contribution in [2.45, 2.75) is 43.1 Å². The fourth-order valence-electron chi connectivity index (χ4n) is 5.30. The van der Waals surface area contributed by atoms with Gasteiger partial charge >= 0.3 is 5.97 Å². The molecule has 0 aliphatic heterocycles. The zero-order valence-electron chi connectivity index (χ0n) is 21.4. The Morgan fingerprint density at radius 2 is 1.82 bits per heavy atom. The Balaban J connectivity index is 1.25. The Labute approximate surface area is 246 Å². The molecule has 2 unspecified atom stereocenters. The third-order valence-electron chi connectivity index (χ3n) is 7.64. The van der Waals surface area contributed by atoms with Crippen LogP contribution in [-0.2, 0) is 16.8 Å². The van der Waals surface area contributed by atoms with Crippen LogP contribution >= 0.6 is 34.8 Å². The van der Waals surface area contributed by atoms with Crippen molar-refractivity contribution < 1.29 is 18.8 Å². The third-order valence-corrected chi connectivity index (χ3v) is 8.58. The number of rotatable bonds is 8. The molecule has 6 nitrogen and oxygen atoms in total. The van der Waals surface area contributed by atoms with Crippen LogP contribution in [-0.4, -0.2) is 18.2 Å². The number of ether oxygens (including phenoxy) is 2. The summed E-state index contributed by atoms with van der Waals surface area (Å²) in [6.07, 6.45) is 2.65. The summed E-state index contributed by atoms with van der Waals surface area (Å²) in [6.45, 7) is 0.189. The lowest BCUT2D eigenvalue weighted by Gasteiger charge is -2.14. The predicted molar refractivity (Wildman–Crippen MR) is 152 cm³/mol. The highest BCUT2D eigenvalue weighted by Crippen LogP contribution is 2.61. The molecule has 1 heterocycles. The minimum atomic E-state index is -0.786. The molecule has 0 saturated heterocycles. The fourth-order valence-corrected chi connectivity index (χ4v) is 6.21. The van der Waals surface area contributed by atoms with Gasteiger partial charge in [0.25, 0.3) is 0 Å². The van der Waals surface area contributed by atoms with Crippen molar-refractivity contribution in [2.75, 3.05) is 7.11 Å². The van der Waals surface area contributed by atoms with Gasteiger partial charge in [0.05, 0.1) is 39.8 Å². The van der Waals surface area contributed by atoms with Crippen molar-refractivity contribution >= 4 is 40.8 Å². The highest BCUT2D eigenvalue weighted by atomic mass is 35.5. The summed E-state index contributed by atoms with van der Waals surface area (Å²) in [6, 6.07) is 20.3. The molecule has 9 heteroatoms. The zero-order valence-corrected chi connectivity index (χ0v) is 23.7. The number of carbonyl (C=O) groups excluding carboxylic acids is 1. The number of carbonyl (C=O) groups is 1. The molecule has 4 aromatic rings. The van der Waals surface area contributed by atoms with Gasteiger partial charge in [0.1, 0.15) is 23.8 Å². The summed E-state index contributed by atoms with van der Waals surface area (Å²) in [7, 11) is 1.34. The molecule has 40 heavy (non-hydrogen) atoms. The molecule has 3 aromatic carbocycles. The van der Waals surface area contributed by atoms with Crippen LogP contribution in [0.25, 0.3) is 11.3 Å². The molecular weight excluding hydrogens is 571 g/mol. The second-order valence-electron chi connectivity index (χ2n) is 10.1. The summed E-state index contributed by atoms with van der Waals surface area (Å²) < 4.78 is 16.7. The lowest BCUT2D eigenvalue weighted by atomic mass is 9.91. The monoisotopic (exact) mass is 592 g/mol. The summed E-state index contributed by atoms with van der Waals surface area (Å²) in [5.74, 6) is 1.12. The van der Waals surface area contributed by atoms with Crippen molar-refractivity contribution in [3.63, 3.8) is 0 Å². The van der Waals surface area contributed by atoms with E-state index in [2.05, 4.69) is 11.2 Å². The van der Waals surface area contributed by atoms with Gasteiger partial charge in [-0.3, -0.25) is 0 Å². The molecule has 202 valence electrons. The Morgan fingerprint density at radius 1 is 1.07 bits per heavy atom. The maximum absolute atomic E-state index is 12.0. The molecule has 0 spiro atoms. The number of aromatic nitrogens is 1. The number of esters is 1. The van der Waals surface area contributed by atoms with E-state index in [4.69, 9.17) is 48.8 Å². The van der Waals surface area contributed by atoms with Gasteiger partial charge in [0, 0.05) is 22.4 Å². The maximum Gasteiger partial charge on any atom is 0.337 e. The minimum absolute atomic E-state index is 0.0904. The Bertz CT molecular complexity index is 1650. The van der Waals surface area contributed by atoms with Crippen LogP contribution in [0, 0.1) is 11.3 Å². The van der Waals surface area contributed by atoms with Gasteiger partial charge < -0.3 is 14.0 Å². The van der Waals surface area contributed by atoms with Crippen LogP contribution in [0.15, 0.2) is 65.2 Å². The standard InChI is InChI=1S/C31H23Cl3N2O4/c1-38-30(37)19-5-2-4-18(12-19)23-14-31(23,16-35)22-11-10-20(13-26(22)34)39-15-21-28(36-40-29(21)17-8-9-17)27-24(32)6-3-7-25(27)33/h2-7,10-13,17,23H,8-9,14-15H2,1H3. The molecule has 0 bridgehead atoms. The second kappa shape index (κ2) is 10.5. The third kappa shape index (κ3) is 4.73. The van der Waals surface area contributed by atoms with Crippen molar-refractivity contribution in [2.24, 2.45) is 0 Å². The van der Waals surface area contributed by atoms with E-state index in [0.29, 0.717) is 50.0 Å². The summed E-state index contributed by atoms with van der Waals surface area (Å²) in [4.78, 5) is 12.0. The Morgan fingerprint density at radius 3 is 2.50 bits per heavy atom. The van der Waals surface area contributed by atoms with E-state index in [1.807, 2.05) is 18.2 Å². The number of hydrogen-bond donors (Lipinski definition) is 0. The molecule has 0 N–H and O–H groups in total. The average molecular weight is 594 g/mol. The van der Waals surface area contributed by atoms with Crippen LogP contribution in [0.4, 0.5) is 0 Å². The molecule has 0 amide bonds. The van der Waals surface area contributed by atoms with Gasteiger partial charge in [-0.2, -0.15) is 5.26 Å². The first kappa shape index (κ1) is 26.7. The number of benzene rings is 3. The molecule has 2 saturated carbocycles. The second-order valence-corrected chi connectivity index (χ2v) is 11.4. The van der Waals surface area contributed by atoms with Crippen LogP contribution in [0.3, 0.4) is 0 Å². The highest BCUT2D eigenvalue weighted by Gasteiger charge is 2.58. The minimum Gasteiger partial charge on any atom is -0.489 e. The quantitative estimate of drug-likeness (QED) is 0.190. The Kier molecular flexibility index (Phi) is 7.00. The van der Waals surface area contributed by atoms with Crippen LogP contribution in [0.2, 0.25) is 15.1 Å². The van der Waals surface area contributed by atoms with Crippen molar-refractivity contribution in [3.05, 3.63) is 104 Å². The van der Waals surface area contributed by atoms with Crippen molar-refractivity contribution in [1.29, 1.82) is 5.26 Å². The van der Waals surface area contributed by atoms with Gasteiger partial charge in [-0.25, -0.2) is 4.79 Å². The van der Waals surface area contributed by atoms with Crippen LogP contribution < -0.4 is 4.74 Å². The van der Waals surface area contributed by atoms with Gasteiger partial charge in [-0.1, -0.05) is 64.2 Å². The zero-order chi connectivity index (χ0) is 28.0. The van der Waals surface area contributed by atoms with E-state index < -0.39 is 11.4 Å². The molecule has 2 aliphatic rings. The molecule has 1 aromatic heterocycles. The average Bonchev–Trinajstić information content (AvgIpc) is 3.89. The van der Waals surface area contributed by atoms with Crippen molar-refractivity contribution in [1.82, 2.24) is 5.16 Å². The van der Waals surface area contributed by atoms with E-state index in [-0.39, 0.29) is 12.5 Å². The maximum atomic E-state index is 12.0. The number of nitriles is 1. The first-order valence-corrected chi connectivity index (χ1v) is 13.9. The lowest BCUT2D eigenvalue weighted by molar-refractivity contribution is 0.0600. The van der Waals surface area contributed by atoms with E-state index in [1.54, 1.807) is 42.5 Å². The number of nitrogens with zero attached hydrogens (tertiary/aromatic N) is 2. The largest absolute Gasteiger partial charge is 0.489 e. The van der Waals surface area contributed by atoms with Crippen LogP contribution in [0.5, 0.6) is 5.75 Å². The normalized spacial score (nSPS) is 19.6. The smallest absolute Gasteiger partial charge is 0.337 e. The lowest BCUT2D eigenvalue weighted by Crippen LogP contribution is -2.09. The molecule has 0 radical (unpaired) electrons. The van der Waals surface area contributed by atoms with E-state index in [0.717, 1.165) is 35.3 Å². The topological polar surface area (TPSA) is 85.4 Å². The number of halogens is 3. The molecule has 2 aliphatic carbocycles. The molecular formula is C31H23Cl3N2O4. The number of methoxy groups -OCH3 is 1. The van der Waals surface area contributed by atoms with Crippen LogP contribution in [0.1, 0.15) is 63.9 Å². The molecule has 6 rings (SSSR count). The summed E-state index contributed by atoms with van der Waals surface area (Å²) >= 11 is 19.7. The first-order chi connectivity index (χ1) is 19.4. The van der Waals surface area contributed by atoms with E-state index in [1.165, 1.54) is 7.11 Å². The number of hydrogen-bond acceptors (Lipinski definition) is 6.